The molecule has 0 aromatic carbocycles. The van der Waals surface area contributed by atoms with E-state index in [2.05, 4.69) is 0 Å². The topological polar surface area (TPSA) is 26.3 Å². The van der Waals surface area contributed by atoms with Gasteiger partial charge >= 0.3 is 5.43 Å². The summed E-state index contributed by atoms with van der Waals surface area (Å²) >= 11 is 5.10. The normalized spacial score (nSPS) is 11.3. The first-order valence-electron chi connectivity index (χ1n) is 3.81. The zero-order valence-corrected chi connectivity index (χ0v) is 8.18. The van der Waals surface area contributed by atoms with E-state index >= 15 is 0 Å². The van der Waals surface area contributed by atoms with E-state index in [1.165, 1.54) is 0 Å². The molecule has 3 heteroatoms. The van der Waals surface area contributed by atoms with Gasteiger partial charge in [0.2, 0.25) is 0 Å². The number of halogens is 1. The van der Waals surface area contributed by atoms with Crippen molar-refractivity contribution in [2.24, 2.45) is 11.8 Å². The third-order valence-electron chi connectivity index (χ3n) is 1.54. The lowest BCUT2D eigenvalue weighted by molar-refractivity contribution is 0.0592. The molecule has 0 radical (unpaired) electrons. The molecule has 66 valence electrons. The second kappa shape index (κ2) is 4.60. The van der Waals surface area contributed by atoms with Gasteiger partial charge in [-0.2, -0.15) is 0 Å². The van der Waals surface area contributed by atoms with Crippen LogP contribution >= 0.6 is 11.6 Å². The predicted octanol–water partition coefficient (Wildman–Crippen LogP) is 3.04. The second-order valence-corrected chi connectivity index (χ2v) is 3.62. The molecule has 0 aromatic rings. The molecule has 0 aromatic heterocycles. The number of carbonyl (C=O) groups excluding carboxylic acids is 1. The summed E-state index contributed by atoms with van der Waals surface area (Å²) in [7, 11) is 0. The maximum atomic E-state index is 10.4. The summed E-state index contributed by atoms with van der Waals surface area (Å²) in [6, 6.07) is 0. The lowest BCUT2D eigenvalue weighted by atomic mass is 9.96. The van der Waals surface area contributed by atoms with E-state index in [4.69, 9.17) is 16.3 Å². The standard InChI is InChI=1S/C8H15ClO2/c1-5(2)7(6(3)4)11-8(9)10/h5-7H,1-4H3. The van der Waals surface area contributed by atoms with Crippen molar-refractivity contribution in [3.05, 3.63) is 0 Å². The van der Waals surface area contributed by atoms with E-state index in [0.29, 0.717) is 11.8 Å². The fraction of sp³-hybridized carbons (Fsp3) is 0.875. The van der Waals surface area contributed by atoms with Crippen LogP contribution in [0.3, 0.4) is 0 Å². The Labute approximate surface area is 72.9 Å². The van der Waals surface area contributed by atoms with Crippen LogP contribution in [0.4, 0.5) is 4.79 Å². The minimum Gasteiger partial charge on any atom is -0.450 e. The minimum absolute atomic E-state index is 0.0694. The van der Waals surface area contributed by atoms with Gasteiger partial charge in [0.25, 0.3) is 0 Å². The van der Waals surface area contributed by atoms with Gasteiger partial charge in [-0.15, -0.1) is 0 Å². The van der Waals surface area contributed by atoms with Crippen molar-refractivity contribution in [1.82, 2.24) is 0 Å². The van der Waals surface area contributed by atoms with Crippen molar-refractivity contribution in [2.45, 2.75) is 33.8 Å². The molecule has 0 rings (SSSR count). The molecular weight excluding hydrogens is 164 g/mol. The Morgan fingerprint density at radius 3 is 1.64 bits per heavy atom. The fourth-order valence-electron chi connectivity index (χ4n) is 1.15. The van der Waals surface area contributed by atoms with Crippen molar-refractivity contribution >= 4 is 17.0 Å². The van der Waals surface area contributed by atoms with Crippen LogP contribution in [-0.4, -0.2) is 11.5 Å². The van der Waals surface area contributed by atoms with E-state index in [1.54, 1.807) is 0 Å². The average molecular weight is 179 g/mol. The highest BCUT2D eigenvalue weighted by Crippen LogP contribution is 2.16. The van der Waals surface area contributed by atoms with Crippen LogP contribution in [0.2, 0.25) is 0 Å². The average Bonchev–Trinajstić information content (AvgIpc) is 1.81. The highest BCUT2D eigenvalue weighted by Gasteiger charge is 2.20. The largest absolute Gasteiger partial charge is 0.450 e. The zero-order chi connectivity index (χ0) is 9.02. The third kappa shape index (κ3) is 4.25. The van der Waals surface area contributed by atoms with Crippen molar-refractivity contribution in [3.8, 4) is 0 Å². The number of hydrogen-bond acceptors (Lipinski definition) is 2. The zero-order valence-electron chi connectivity index (χ0n) is 7.43. The Hall–Kier alpha value is -0.240. The molecule has 0 aliphatic carbocycles. The van der Waals surface area contributed by atoms with Crippen LogP contribution in [0.1, 0.15) is 27.7 Å². The van der Waals surface area contributed by atoms with Crippen LogP contribution in [0.5, 0.6) is 0 Å². The summed E-state index contributed by atoms with van der Waals surface area (Å²) in [5, 5.41) is 0. The highest BCUT2D eigenvalue weighted by molar-refractivity contribution is 6.61. The van der Waals surface area contributed by atoms with Gasteiger partial charge in [-0.3, -0.25) is 0 Å². The summed E-state index contributed by atoms with van der Waals surface area (Å²) in [5.74, 6) is 0.635. The van der Waals surface area contributed by atoms with E-state index in [0.717, 1.165) is 0 Å². The lowest BCUT2D eigenvalue weighted by Crippen LogP contribution is -2.26. The molecule has 0 N–H and O–H groups in total. The van der Waals surface area contributed by atoms with Crippen LogP contribution in [-0.2, 0) is 4.74 Å². The SMILES string of the molecule is CC(C)C(OC(=O)Cl)C(C)C. The predicted molar refractivity (Wildman–Crippen MR) is 45.8 cm³/mol. The first-order chi connectivity index (χ1) is 4.95. The number of carbonyl (C=O) groups is 1. The Morgan fingerprint density at radius 2 is 1.55 bits per heavy atom. The van der Waals surface area contributed by atoms with Crippen molar-refractivity contribution in [2.75, 3.05) is 0 Å². The molecule has 0 heterocycles. The summed E-state index contributed by atoms with van der Waals surface area (Å²) in [5.41, 5.74) is -0.711. The summed E-state index contributed by atoms with van der Waals surface area (Å²) in [6.45, 7) is 8.02. The lowest BCUT2D eigenvalue weighted by Gasteiger charge is -2.23. The summed E-state index contributed by atoms with van der Waals surface area (Å²) < 4.78 is 4.90. The monoisotopic (exact) mass is 178 g/mol. The summed E-state index contributed by atoms with van der Waals surface area (Å²) in [4.78, 5) is 10.4. The van der Waals surface area contributed by atoms with Gasteiger partial charge in [0, 0.05) is 11.6 Å². The third-order valence-corrected chi connectivity index (χ3v) is 1.63. The molecule has 0 amide bonds. The van der Waals surface area contributed by atoms with Gasteiger partial charge < -0.3 is 4.74 Å². The minimum atomic E-state index is -0.711. The molecule has 0 spiro atoms. The molecular formula is C8H15ClO2. The van der Waals surface area contributed by atoms with Gasteiger partial charge in [-0.05, 0) is 11.8 Å². The van der Waals surface area contributed by atoms with E-state index in [1.807, 2.05) is 27.7 Å². The molecule has 0 aliphatic heterocycles. The van der Waals surface area contributed by atoms with E-state index in [-0.39, 0.29) is 6.10 Å². The van der Waals surface area contributed by atoms with E-state index < -0.39 is 5.43 Å². The van der Waals surface area contributed by atoms with Crippen LogP contribution in [0, 0.1) is 11.8 Å². The van der Waals surface area contributed by atoms with Crippen molar-refractivity contribution in [1.29, 1.82) is 0 Å². The maximum Gasteiger partial charge on any atom is 0.404 e. The molecule has 0 saturated carbocycles. The van der Waals surface area contributed by atoms with Gasteiger partial charge in [-0.25, -0.2) is 4.79 Å². The fourth-order valence-corrected chi connectivity index (χ4v) is 1.25. The first kappa shape index (κ1) is 10.8. The van der Waals surface area contributed by atoms with Crippen LogP contribution < -0.4 is 0 Å². The second-order valence-electron chi connectivity index (χ2n) is 3.31. The van der Waals surface area contributed by atoms with Crippen molar-refractivity contribution < 1.29 is 9.53 Å². The molecule has 0 aliphatic rings. The maximum absolute atomic E-state index is 10.4. The Kier molecular flexibility index (Phi) is 4.50. The Morgan fingerprint density at radius 1 is 1.18 bits per heavy atom. The Bertz CT molecular complexity index is 124. The highest BCUT2D eigenvalue weighted by atomic mass is 35.5. The molecule has 0 atom stereocenters. The number of ether oxygens (including phenoxy) is 1. The van der Waals surface area contributed by atoms with Gasteiger partial charge in [0.15, 0.2) is 0 Å². The smallest absolute Gasteiger partial charge is 0.404 e. The molecule has 2 nitrogen and oxygen atoms in total. The molecule has 0 bridgehead atoms. The molecule has 0 fully saturated rings. The van der Waals surface area contributed by atoms with Gasteiger partial charge in [0.05, 0.1) is 0 Å². The van der Waals surface area contributed by atoms with Crippen LogP contribution in [0.25, 0.3) is 0 Å². The molecule has 0 unspecified atom stereocenters. The summed E-state index contributed by atoms with van der Waals surface area (Å²) in [6.07, 6.45) is -0.0694. The quantitative estimate of drug-likeness (QED) is 0.621. The van der Waals surface area contributed by atoms with Crippen molar-refractivity contribution in [3.63, 3.8) is 0 Å². The first-order valence-corrected chi connectivity index (χ1v) is 4.19. The number of hydrogen-bond donors (Lipinski definition) is 0. The van der Waals surface area contributed by atoms with E-state index in [9.17, 15) is 4.79 Å². The number of rotatable bonds is 3. The molecule has 11 heavy (non-hydrogen) atoms. The molecule has 0 saturated heterocycles. The van der Waals surface area contributed by atoms with Gasteiger partial charge in [-0.1, -0.05) is 27.7 Å². The van der Waals surface area contributed by atoms with Crippen LogP contribution in [0.15, 0.2) is 0 Å². The van der Waals surface area contributed by atoms with Gasteiger partial charge in [0.1, 0.15) is 6.10 Å². The Balaban J connectivity index is 4.00.